The maximum absolute atomic E-state index is 12.8. The molecule has 11 heteroatoms. The van der Waals surface area contributed by atoms with Crippen molar-refractivity contribution in [3.8, 4) is 5.75 Å². The summed E-state index contributed by atoms with van der Waals surface area (Å²) in [4.78, 5) is 24.9. The van der Waals surface area contributed by atoms with E-state index in [1.807, 2.05) is 0 Å². The third-order valence-corrected chi connectivity index (χ3v) is 6.02. The summed E-state index contributed by atoms with van der Waals surface area (Å²) in [5.41, 5.74) is 4.35. The lowest BCUT2D eigenvalue weighted by Crippen LogP contribution is -2.52. The van der Waals surface area contributed by atoms with E-state index in [1.54, 1.807) is 4.90 Å². The molecule has 2 aromatic rings. The van der Waals surface area contributed by atoms with Crippen LogP contribution in [0.15, 0.2) is 34.9 Å². The van der Waals surface area contributed by atoms with Gasteiger partial charge in [-0.3, -0.25) is 4.79 Å². The molecular formula is C21H22F3N3O5. The molecule has 0 bridgehead atoms. The number of hydrogen-bond donors (Lipinski definition) is 1. The van der Waals surface area contributed by atoms with Crippen molar-refractivity contribution in [3.63, 3.8) is 0 Å². The number of halogens is 3. The molecule has 172 valence electrons. The Kier molecular flexibility index (Phi) is 5.74. The predicted octanol–water partition coefficient (Wildman–Crippen LogP) is 3.75. The van der Waals surface area contributed by atoms with Gasteiger partial charge in [-0.05, 0) is 49.3 Å². The van der Waals surface area contributed by atoms with E-state index in [9.17, 15) is 22.8 Å². The van der Waals surface area contributed by atoms with Gasteiger partial charge in [-0.25, -0.2) is 4.79 Å². The van der Waals surface area contributed by atoms with E-state index in [0.717, 1.165) is 37.8 Å². The van der Waals surface area contributed by atoms with E-state index < -0.39 is 23.7 Å². The molecule has 2 heterocycles. The van der Waals surface area contributed by atoms with Crippen LogP contribution in [-0.4, -0.2) is 41.3 Å². The number of nitrogens with zero attached hydrogens (tertiary/aromatic N) is 2. The third-order valence-electron chi connectivity index (χ3n) is 6.02. The number of rotatable bonds is 5. The predicted molar refractivity (Wildman–Crippen MR) is 104 cm³/mol. The first-order valence-corrected chi connectivity index (χ1v) is 10.1. The van der Waals surface area contributed by atoms with E-state index in [1.165, 1.54) is 18.2 Å². The highest BCUT2D eigenvalue weighted by atomic mass is 19.4. The number of benzene rings is 1. The fraction of sp³-hybridized carbons (Fsp3) is 0.476. The first kappa shape index (κ1) is 22.0. The van der Waals surface area contributed by atoms with Crippen molar-refractivity contribution in [2.45, 2.75) is 44.6 Å². The van der Waals surface area contributed by atoms with Gasteiger partial charge in [0.1, 0.15) is 5.75 Å². The summed E-state index contributed by atoms with van der Waals surface area (Å²) in [6.07, 6.45) is -2.03. The van der Waals surface area contributed by atoms with Crippen LogP contribution in [-0.2, 0) is 17.5 Å². The van der Waals surface area contributed by atoms with E-state index in [-0.39, 0.29) is 35.3 Å². The zero-order valence-corrected chi connectivity index (χ0v) is 17.1. The molecule has 1 spiro atoms. The van der Waals surface area contributed by atoms with E-state index in [2.05, 4.69) is 5.16 Å². The van der Waals surface area contributed by atoms with Crippen LogP contribution < -0.4 is 10.5 Å². The van der Waals surface area contributed by atoms with Crippen molar-refractivity contribution in [3.05, 3.63) is 47.3 Å². The molecule has 0 unspecified atom stereocenters. The average Bonchev–Trinajstić information content (AvgIpc) is 3.20. The Bertz CT molecular complexity index is 991. The smallest absolute Gasteiger partial charge is 0.416 e. The highest BCUT2D eigenvalue weighted by Gasteiger charge is 2.48. The Morgan fingerprint density at radius 1 is 1.22 bits per heavy atom. The van der Waals surface area contributed by atoms with Gasteiger partial charge in [0.05, 0.1) is 11.7 Å². The summed E-state index contributed by atoms with van der Waals surface area (Å²) in [5, 5.41) is 3.48. The molecular weight excluding hydrogens is 431 g/mol. The summed E-state index contributed by atoms with van der Waals surface area (Å²) in [7, 11) is 0. The fourth-order valence-electron chi connectivity index (χ4n) is 4.22. The topological polar surface area (TPSA) is 108 Å². The number of piperidine rings is 1. The second kappa shape index (κ2) is 8.36. The molecule has 1 aromatic carbocycles. The second-order valence-corrected chi connectivity index (χ2v) is 8.26. The molecule has 1 aliphatic carbocycles. The molecule has 2 N–H and O–H groups in total. The van der Waals surface area contributed by atoms with Gasteiger partial charge >= 0.3 is 12.3 Å². The highest BCUT2D eigenvalue weighted by molar-refractivity contribution is 5.90. The number of carbonyl (C=O) groups excluding carboxylic acids is 2. The maximum Gasteiger partial charge on any atom is 0.416 e. The summed E-state index contributed by atoms with van der Waals surface area (Å²) in [6.45, 7) is 0.865. The van der Waals surface area contributed by atoms with Gasteiger partial charge in [-0.2, -0.15) is 13.2 Å². The lowest BCUT2D eigenvalue weighted by atomic mass is 9.61. The number of ether oxygens (including phenoxy) is 2. The molecule has 1 aromatic heterocycles. The van der Waals surface area contributed by atoms with Crippen LogP contribution in [0.25, 0.3) is 0 Å². The van der Waals surface area contributed by atoms with E-state index in [0.29, 0.717) is 13.1 Å². The molecule has 8 nitrogen and oxygen atoms in total. The molecule has 1 saturated carbocycles. The van der Waals surface area contributed by atoms with Gasteiger partial charge in [0.15, 0.2) is 18.1 Å². The van der Waals surface area contributed by atoms with Crippen molar-refractivity contribution in [2.75, 3.05) is 13.1 Å². The minimum Gasteiger partial charge on any atom is -0.490 e. The van der Waals surface area contributed by atoms with Crippen molar-refractivity contribution in [1.82, 2.24) is 10.1 Å². The highest BCUT2D eigenvalue weighted by Crippen LogP contribution is 2.50. The second-order valence-electron chi connectivity index (χ2n) is 8.26. The van der Waals surface area contributed by atoms with Crippen LogP contribution in [0, 0.1) is 5.41 Å². The fourth-order valence-corrected chi connectivity index (χ4v) is 4.22. The number of aromatic nitrogens is 1. The average molecular weight is 453 g/mol. The quantitative estimate of drug-likeness (QED) is 0.739. The van der Waals surface area contributed by atoms with Crippen LogP contribution in [0.1, 0.15) is 47.5 Å². The third kappa shape index (κ3) is 4.81. The first-order chi connectivity index (χ1) is 15.1. The SMILES string of the molecule is NC(=O)c1cc(COC(=O)N2CCC3(CC2)CC(Oc2cccc(C(F)(F)F)c2)C3)on1. The number of hydrogen-bond acceptors (Lipinski definition) is 6. The zero-order valence-electron chi connectivity index (χ0n) is 17.1. The van der Waals surface area contributed by atoms with Gasteiger partial charge in [0.2, 0.25) is 0 Å². The Labute approximate surface area is 181 Å². The first-order valence-electron chi connectivity index (χ1n) is 10.1. The Hall–Kier alpha value is -3.24. The lowest BCUT2D eigenvalue weighted by molar-refractivity contribution is -0.137. The molecule has 0 radical (unpaired) electrons. The van der Waals surface area contributed by atoms with Crippen LogP contribution >= 0.6 is 0 Å². The number of nitrogens with two attached hydrogens (primary N) is 1. The van der Waals surface area contributed by atoms with Crippen molar-refractivity contribution in [2.24, 2.45) is 11.1 Å². The Morgan fingerprint density at radius 3 is 2.56 bits per heavy atom. The van der Waals surface area contributed by atoms with E-state index in [4.69, 9.17) is 19.7 Å². The van der Waals surface area contributed by atoms with Crippen LogP contribution in [0.5, 0.6) is 5.75 Å². The monoisotopic (exact) mass is 453 g/mol. The number of amides is 2. The Balaban J connectivity index is 1.21. The lowest BCUT2D eigenvalue weighted by Gasteiger charge is -2.51. The van der Waals surface area contributed by atoms with Gasteiger partial charge in [-0.1, -0.05) is 11.2 Å². The summed E-state index contributed by atoms with van der Waals surface area (Å²) < 4.78 is 54.4. The maximum atomic E-state index is 12.8. The molecule has 0 atom stereocenters. The Morgan fingerprint density at radius 2 is 1.94 bits per heavy atom. The normalized spacial score (nSPS) is 18.3. The van der Waals surface area contributed by atoms with Gasteiger partial charge in [0, 0.05) is 19.2 Å². The van der Waals surface area contributed by atoms with Crippen molar-refractivity contribution >= 4 is 12.0 Å². The van der Waals surface area contributed by atoms with Gasteiger partial charge in [0.25, 0.3) is 5.91 Å². The molecule has 2 aliphatic rings. The largest absolute Gasteiger partial charge is 0.490 e. The zero-order chi connectivity index (χ0) is 22.9. The summed E-state index contributed by atoms with van der Waals surface area (Å²) >= 11 is 0. The molecule has 4 rings (SSSR count). The number of likely N-dealkylation sites (tertiary alicyclic amines) is 1. The van der Waals surface area contributed by atoms with Crippen LogP contribution in [0.3, 0.4) is 0 Å². The molecule has 2 amide bonds. The van der Waals surface area contributed by atoms with Gasteiger partial charge < -0.3 is 24.6 Å². The number of alkyl halides is 3. The number of carbonyl (C=O) groups is 2. The molecule has 1 saturated heterocycles. The summed E-state index contributed by atoms with van der Waals surface area (Å²) in [5.74, 6) is -0.301. The minimum absolute atomic E-state index is 0.0321. The van der Waals surface area contributed by atoms with E-state index >= 15 is 0 Å². The molecule has 32 heavy (non-hydrogen) atoms. The summed E-state index contributed by atoms with van der Waals surface area (Å²) in [6, 6.07) is 6.22. The van der Waals surface area contributed by atoms with Crippen molar-refractivity contribution < 1.29 is 36.8 Å². The van der Waals surface area contributed by atoms with Crippen LogP contribution in [0.2, 0.25) is 0 Å². The molecule has 2 fully saturated rings. The number of primary amides is 1. The minimum atomic E-state index is -4.40. The standard InChI is InChI=1S/C21H22F3N3O5/c22-21(23,24)13-2-1-3-14(8-13)31-16-10-20(11-16)4-6-27(7-5-20)19(29)30-12-15-9-17(18(25)28)26-32-15/h1-3,8-9,16H,4-7,10-12H2,(H2,25,28). The van der Waals surface area contributed by atoms with Crippen LogP contribution in [0.4, 0.5) is 18.0 Å². The van der Waals surface area contributed by atoms with Crippen molar-refractivity contribution in [1.29, 1.82) is 0 Å². The molecule has 1 aliphatic heterocycles. The van der Waals surface area contributed by atoms with Gasteiger partial charge in [-0.15, -0.1) is 0 Å².